The van der Waals surface area contributed by atoms with Crippen molar-refractivity contribution < 1.29 is 33.4 Å². The maximum absolute atomic E-state index is 12.4. The minimum Gasteiger partial charge on any atom is -0.468 e. The number of halogens is 1. The number of benzene rings is 1. The van der Waals surface area contributed by atoms with Crippen LogP contribution in [-0.2, 0) is 23.9 Å². The number of hydrogen-bond donors (Lipinski definition) is 0. The molecular weight excluding hydrogens is 424 g/mol. The quantitative estimate of drug-likeness (QED) is 0.451. The van der Waals surface area contributed by atoms with Crippen molar-refractivity contribution in [1.82, 2.24) is 9.80 Å². The minimum atomic E-state index is -0.710. The maximum atomic E-state index is 12.4. The third kappa shape index (κ3) is 4.70. The van der Waals surface area contributed by atoms with Crippen LogP contribution in [-0.4, -0.2) is 73.3 Å². The third-order valence-electron chi connectivity index (χ3n) is 3.93. The molecule has 0 radical (unpaired) electrons. The lowest BCUT2D eigenvalue weighted by Crippen LogP contribution is -2.42. The fourth-order valence-electron chi connectivity index (χ4n) is 2.50. The highest BCUT2D eigenvalue weighted by Gasteiger charge is 2.36. The number of methoxy groups -OCH3 is 2. The van der Waals surface area contributed by atoms with Gasteiger partial charge in [0.05, 0.1) is 25.3 Å². The van der Waals surface area contributed by atoms with Crippen molar-refractivity contribution in [3.8, 4) is 0 Å². The monoisotopic (exact) mass is 440 g/mol. The second-order valence-corrected chi connectivity index (χ2v) is 6.52. The summed E-state index contributed by atoms with van der Waals surface area (Å²) in [5.41, 5.74) is 0.513. The average molecular weight is 441 g/mol. The molecule has 0 spiro atoms. The second-order valence-electron chi connectivity index (χ2n) is 5.60. The van der Waals surface area contributed by atoms with Crippen LogP contribution in [0, 0.1) is 0 Å². The maximum Gasteiger partial charge on any atom is 0.325 e. The van der Waals surface area contributed by atoms with Crippen molar-refractivity contribution in [2.24, 2.45) is 0 Å². The largest absolute Gasteiger partial charge is 0.468 e. The van der Waals surface area contributed by atoms with Gasteiger partial charge < -0.3 is 14.4 Å². The van der Waals surface area contributed by atoms with Crippen molar-refractivity contribution in [3.05, 3.63) is 33.8 Å². The SMILES string of the molecule is COC(=O)CN(CC(=O)OC)C(=O)CCN1C(=O)c2ccc(Br)cc2C1=O. The predicted octanol–water partition coefficient (Wildman–Crippen LogP) is 0.610. The highest BCUT2D eigenvalue weighted by Crippen LogP contribution is 2.26. The Morgan fingerprint density at radius 2 is 1.56 bits per heavy atom. The number of amides is 3. The zero-order valence-electron chi connectivity index (χ0n) is 14.7. The summed E-state index contributed by atoms with van der Waals surface area (Å²) in [7, 11) is 2.31. The normalized spacial score (nSPS) is 12.6. The van der Waals surface area contributed by atoms with Gasteiger partial charge in [0.15, 0.2) is 0 Å². The van der Waals surface area contributed by atoms with Crippen molar-refractivity contribution in [2.75, 3.05) is 33.9 Å². The van der Waals surface area contributed by atoms with Gasteiger partial charge in [-0.1, -0.05) is 15.9 Å². The molecule has 1 aromatic rings. The van der Waals surface area contributed by atoms with Crippen LogP contribution >= 0.6 is 15.9 Å². The molecule has 0 saturated heterocycles. The van der Waals surface area contributed by atoms with Gasteiger partial charge in [-0.2, -0.15) is 0 Å². The summed E-state index contributed by atoms with van der Waals surface area (Å²) in [6.45, 7) is -1.07. The summed E-state index contributed by atoms with van der Waals surface area (Å²) in [4.78, 5) is 62.0. The summed E-state index contributed by atoms with van der Waals surface area (Å²) in [6, 6.07) is 4.72. The second kappa shape index (κ2) is 8.76. The summed E-state index contributed by atoms with van der Waals surface area (Å²) in [5.74, 6) is -3.02. The van der Waals surface area contributed by atoms with Crippen molar-refractivity contribution in [3.63, 3.8) is 0 Å². The van der Waals surface area contributed by atoms with Crippen LogP contribution in [0.3, 0.4) is 0 Å². The smallest absolute Gasteiger partial charge is 0.325 e. The van der Waals surface area contributed by atoms with E-state index in [0.717, 1.165) is 24.0 Å². The molecule has 0 aromatic heterocycles. The Balaban J connectivity index is 2.06. The fraction of sp³-hybridized carbons (Fsp3) is 0.353. The standard InChI is InChI=1S/C17H17BrN2O7/c1-26-14(22)8-19(9-15(23)27-2)13(21)5-6-20-16(24)11-4-3-10(18)7-12(11)17(20)25/h3-4,7H,5-6,8-9H2,1-2H3. The topological polar surface area (TPSA) is 110 Å². The molecule has 0 aliphatic carbocycles. The number of imide groups is 1. The van der Waals surface area contributed by atoms with Gasteiger partial charge in [-0.05, 0) is 18.2 Å². The van der Waals surface area contributed by atoms with E-state index < -0.39 is 42.7 Å². The number of nitrogens with zero attached hydrogens (tertiary/aromatic N) is 2. The number of esters is 2. The van der Waals surface area contributed by atoms with Crippen LogP contribution in [0.5, 0.6) is 0 Å². The van der Waals surface area contributed by atoms with E-state index >= 15 is 0 Å². The van der Waals surface area contributed by atoms with E-state index in [0.29, 0.717) is 4.47 Å². The first kappa shape index (κ1) is 20.6. The Morgan fingerprint density at radius 1 is 1.00 bits per heavy atom. The van der Waals surface area contributed by atoms with Crippen LogP contribution in [0.25, 0.3) is 0 Å². The molecule has 144 valence electrons. The molecule has 0 saturated carbocycles. The van der Waals surface area contributed by atoms with Gasteiger partial charge in [0.25, 0.3) is 11.8 Å². The van der Waals surface area contributed by atoms with Gasteiger partial charge in [-0.3, -0.25) is 28.9 Å². The highest BCUT2D eigenvalue weighted by molar-refractivity contribution is 9.10. The molecule has 10 heteroatoms. The molecule has 0 N–H and O–H groups in total. The molecule has 1 aromatic carbocycles. The van der Waals surface area contributed by atoms with Crippen LogP contribution < -0.4 is 0 Å². The van der Waals surface area contributed by atoms with Gasteiger partial charge in [-0.15, -0.1) is 0 Å². The molecule has 3 amide bonds. The number of carbonyl (C=O) groups excluding carboxylic acids is 5. The molecule has 9 nitrogen and oxygen atoms in total. The number of rotatable bonds is 7. The zero-order chi connectivity index (χ0) is 20.1. The number of ether oxygens (including phenoxy) is 2. The Kier molecular flexibility index (Phi) is 6.67. The Labute approximate surface area is 163 Å². The summed E-state index contributed by atoms with van der Waals surface area (Å²) >= 11 is 3.24. The highest BCUT2D eigenvalue weighted by atomic mass is 79.9. The molecule has 0 unspecified atom stereocenters. The van der Waals surface area contributed by atoms with Gasteiger partial charge in [0.2, 0.25) is 5.91 Å². The number of hydrogen-bond acceptors (Lipinski definition) is 7. The van der Waals surface area contributed by atoms with Crippen LogP contribution in [0.2, 0.25) is 0 Å². The van der Waals surface area contributed by atoms with Crippen molar-refractivity contribution >= 4 is 45.6 Å². The first-order valence-corrected chi connectivity index (χ1v) is 8.65. The number of carbonyl (C=O) groups is 5. The lowest BCUT2D eigenvalue weighted by molar-refractivity contribution is -0.152. The first-order chi connectivity index (χ1) is 12.8. The molecule has 0 atom stereocenters. The van der Waals surface area contributed by atoms with Crippen LogP contribution in [0.1, 0.15) is 27.1 Å². The summed E-state index contributed by atoms with van der Waals surface area (Å²) in [5, 5.41) is 0. The molecule has 0 fully saturated rings. The van der Waals surface area contributed by atoms with E-state index in [4.69, 9.17) is 0 Å². The predicted molar refractivity (Wildman–Crippen MR) is 94.7 cm³/mol. The summed E-state index contributed by atoms with van der Waals surface area (Å²) in [6.07, 6.45) is -0.249. The van der Waals surface area contributed by atoms with E-state index in [1.807, 2.05) is 0 Å². The van der Waals surface area contributed by atoms with Gasteiger partial charge in [0, 0.05) is 17.4 Å². The molecule has 1 aliphatic rings. The van der Waals surface area contributed by atoms with E-state index in [9.17, 15) is 24.0 Å². The molecule has 1 heterocycles. The number of fused-ring (bicyclic) bond motifs is 1. The van der Waals surface area contributed by atoms with Crippen molar-refractivity contribution in [2.45, 2.75) is 6.42 Å². The Bertz CT molecular complexity index is 790. The van der Waals surface area contributed by atoms with Crippen LogP contribution in [0.15, 0.2) is 22.7 Å². The molecule has 0 bridgehead atoms. The first-order valence-electron chi connectivity index (χ1n) is 7.85. The van der Waals surface area contributed by atoms with E-state index in [2.05, 4.69) is 25.4 Å². The van der Waals surface area contributed by atoms with Crippen molar-refractivity contribution in [1.29, 1.82) is 0 Å². The fourth-order valence-corrected chi connectivity index (χ4v) is 2.87. The Morgan fingerprint density at radius 3 is 2.11 bits per heavy atom. The Hall–Kier alpha value is -2.75. The minimum absolute atomic E-state index is 0.179. The lowest BCUT2D eigenvalue weighted by Gasteiger charge is -2.21. The van der Waals surface area contributed by atoms with E-state index in [1.165, 1.54) is 12.1 Å². The molecule has 27 heavy (non-hydrogen) atoms. The molecule has 2 rings (SSSR count). The molecular formula is C17H17BrN2O7. The van der Waals surface area contributed by atoms with E-state index in [1.54, 1.807) is 6.07 Å². The van der Waals surface area contributed by atoms with Crippen LogP contribution in [0.4, 0.5) is 0 Å². The molecule has 1 aliphatic heterocycles. The van der Waals surface area contributed by atoms with E-state index in [-0.39, 0.29) is 24.1 Å². The van der Waals surface area contributed by atoms with Gasteiger partial charge in [0.1, 0.15) is 13.1 Å². The third-order valence-corrected chi connectivity index (χ3v) is 4.42. The van der Waals surface area contributed by atoms with Gasteiger partial charge >= 0.3 is 11.9 Å². The zero-order valence-corrected chi connectivity index (χ0v) is 16.3. The summed E-state index contributed by atoms with van der Waals surface area (Å²) < 4.78 is 9.66. The van der Waals surface area contributed by atoms with Gasteiger partial charge in [-0.25, -0.2) is 0 Å². The average Bonchev–Trinajstić information content (AvgIpc) is 2.88. The lowest BCUT2D eigenvalue weighted by atomic mass is 10.1.